The van der Waals surface area contributed by atoms with E-state index in [1.807, 2.05) is 42.5 Å². The van der Waals surface area contributed by atoms with Gasteiger partial charge in [0.2, 0.25) is 0 Å². The molecule has 6 heteroatoms. The van der Waals surface area contributed by atoms with Gasteiger partial charge in [0.15, 0.2) is 5.78 Å². The van der Waals surface area contributed by atoms with Gasteiger partial charge >= 0.3 is 5.97 Å². The van der Waals surface area contributed by atoms with Crippen molar-refractivity contribution in [2.24, 2.45) is 0 Å². The Hall–Kier alpha value is -4.84. The van der Waals surface area contributed by atoms with Crippen LogP contribution >= 0.6 is 0 Å². The molecule has 0 amide bonds. The smallest absolute Gasteiger partial charge is 0.343 e. The first-order valence-electron chi connectivity index (χ1n) is 10.4. The van der Waals surface area contributed by atoms with E-state index in [1.54, 1.807) is 42.5 Å². The number of carbonyl (C=O) groups is 2. The molecule has 0 N–H and O–H groups in total. The Bertz CT molecular complexity index is 1380. The molecular weight excluding hydrogens is 430 g/mol. The molecule has 4 rings (SSSR count). The molecule has 6 nitrogen and oxygen atoms in total. The molecule has 166 valence electrons. The highest BCUT2D eigenvalue weighted by Crippen LogP contribution is 2.23. The maximum absolute atomic E-state index is 12.7. The van der Waals surface area contributed by atoms with E-state index in [0.29, 0.717) is 11.1 Å². The first-order chi connectivity index (χ1) is 16.5. The number of rotatable bonds is 7. The van der Waals surface area contributed by atoms with Gasteiger partial charge in [0, 0.05) is 23.3 Å². The second-order valence-electron chi connectivity index (χ2n) is 7.38. The molecular formula is C28H19NO5. The normalized spacial score (nSPS) is 10.7. The summed E-state index contributed by atoms with van der Waals surface area (Å²) in [4.78, 5) is 35.6. The summed E-state index contributed by atoms with van der Waals surface area (Å²) in [5.74, 6) is -0.686. The highest BCUT2D eigenvalue weighted by atomic mass is 16.6. The van der Waals surface area contributed by atoms with Crippen molar-refractivity contribution in [2.45, 2.75) is 0 Å². The summed E-state index contributed by atoms with van der Waals surface area (Å²) < 4.78 is 5.44. The molecule has 0 heterocycles. The summed E-state index contributed by atoms with van der Waals surface area (Å²) in [5, 5.41) is 11.0. The molecule has 0 unspecified atom stereocenters. The van der Waals surface area contributed by atoms with Crippen LogP contribution in [0.2, 0.25) is 0 Å². The molecule has 0 aromatic heterocycles. The van der Waals surface area contributed by atoms with Crippen LogP contribution in [0.4, 0.5) is 5.69 Å². The number of benzene rings is 4. The average molecular weight is 449 g/mol. The summed E-state index contributed by atoms with van der Waals surface area (Å²) in [6.07, 6.45) is 2.99. The molecule has 4 aromatic carbocycles. The molecule has 0 saturated carbocycles. The third kappa shape index (κ3) is 5.31. The zero-order valence-corrected chi connectivity index (χ0v) is 18.0. The molecule has 0 aliphatic rings. The summed E-state index contributed by atoms with van der Waals surface area (Å²) >= 11 is 0. The van der Waals surface area contributed by atoms with E-state index in [4.69, 9.17) is 4.74 Å². The maximum Gasteiger partial charge on any atom is 0.343 e. The lowest BCUT2D eigenvalue weighted by molar-refractivity contribution is -0.384. The SMILES string of the molecule is O=C(C=Cc1ccccc1OC(=O)c1cccc([N+](=O)[O-])c1)c1ccc(-c2ccccc2)cc1. The van der Waals surface area contributed by atoms with Crippen molar-refractivity contribution in [3.05, 3.63) is 136 Å². The van der Waals surface area contributed by atoms with E-state index in [2.05, 4.69) is 0 Å². The zero-order valence-electron chi connectivity index (χ0n) is 18.0. The van der Waals surface area contributed by atoms with Crippen LogP contribution in [0.15, 0.2) is 109 Å². The summed E-state index contributed by atoms with van der Waals surface area (Å²) in [7, 11) is 0. The average Bonchev–Trinajstić information content (AvgIpc) is 2.88. The number of esters is 1. The second-order valence-corrected chi connectivity index (χ2v) is 7.38. The van der Waals surface area contributed by atoms with Crippen LogP contribution in [0.1, 0.15) is 26.3 Å². The van der Waals surface area contributed by atoms with E-state index < -0.39 is 10.9 Å². The molecule has 0 aliphatic heterocycles. The van der Waals surface area contributed by atoms with Gasteiger partial charge in [-0.3, -0.25) is 14.9 Å². The van der Waals surface area contributed by atoms with Crippen molar-refractivity contribution in [3.63, 3.8) is 0 Å². The topological polar surface area (TPSA) is 86.5 Å². The lowest BCUT2D eigenvalue weighted by Gasteiger charge is -2.07. The number of nitro groups is 1. The molecule has 0 fully saturated rings. The molecule has 0 saturated heterocycles. The molecule has 0 radical (unpaired) electrons. The van der Waals surface area contributed by atoms with Gasteiger partial charge in [0.1, 0.15) is 5.75 Å². The number of hydrogen-bond acceptors (Lipinski definition) is 5. The summed E-state index contributed by atoms with van der Waals surface area (Å²) in [6.45, 7) is 0. The van der Waals surface area contributed by atoms with Crippen LogP contribution in [0.3, 0.4) is 0 Å². The van der Waals surface area contributed by atoms with Crippen LogP contribution in [0.5, 0.6) is 5.75 Å². The number of carbonyl (C=O) groups excluding carboxylic acids is 2. The minimum Gasteiger partial charge on any atom is -0.422 e. The Labute approximate surface area is 195 Å². The minimum atomic E-state index is -0.729. The van der Waals surface area contributed by atoms with Crippen LogP contribution in [-0.4, -0.2) is 16.7 Å². The van der Waals surface area contributed by atoms with E-state index in [1.165, 1.54) is 24.3 Å². The lowest BCUT2D eigenvalue weighted by atomic mass is 10.0. The second kappa shape index (κ2) is 10.2. The van der Waals surface area contributed by atoms with Gasteiger partial charge in [-0.05, 0) is 35.4 Å². The van der Waals surface area contributed by atoms with Gasteiger partial charge in [0.25, 0.3) is 5.69 Å². The predicted octanol–water partition coefficient (Wildman–Crippen LogP) is 6.38. The number of ether oxygens (including phenoxy) is 1. The first kappa shape index (κ1) is 22.4. The molecule has 0 atom stereocenters. The molecule has 4 aromatic rings. The van der Waals surface area contributed by atoms with Gasteiger partial charge in [-0.2, -0.15) is 0 Å². The van der Waals surface area contributed by atoms with Crippen molar-refractivity contribution in [1.29, 1.82) is 0 Å². The lowest BCUT2D eigenvalue weighted by Crippen LogP contribution is -2.09. The maximum atomic E-state index is 12.7. The Morgan fingerprint density at radius 3 is 2.15 bits per heavy atom. The van der Waals surface area contributed by atoms with Crippen molar-refractivity contribution >= 4 is 23.5 Å². The minimum absolute atomic E-state index is 0.0579. The van der Waals surface area contributed by atoms with Gasteiger partial charge in [-0.1, -0.05) is 78.9 Å². The van der Waals surface area contributed by atoms with Crippen LogP contribution < -0.4 is 4.74 Å². The van der Waals surface area contributed by atoms with Crippen molar-refractivity contribution in [3.8, 4) is 16.9 Å². The van der Waals surface area contributed by atoms with Gasteiger partial charge in [-0.15, -0.1) is 0 Å². The van der Waals surface area contributed by atoms with Crippen LogP contribution in [0.25, 0.3) is 17.2 Å². The Morgan fingerprint density at radius 2 is 1.41 bits per heavy atom. The fourth-order valence-corrected chi connectivity index (χ4v) is 3.34. The Kier molecular flexibility index (Phi) is 6.70. The fraction of sp³-hybridized carbons (Fsp3) is 0. The Balaban J connectivity index is 1.49. The van der Waals surface area contributed by atoms with Gasteiger partial charge in [-0.25, -0.2) is 4.79 Å². The number of allylic oxidation sites excluding steroid dienone is 1. The van der Waals surface area contributed by atoms with E-state index in [0.717, 1.165) is 17.2 Å². The monoisotopic (exact) mass is 449 g/mol. The summed E-state index contributed by atoms with van der Waals surface area (Å²) in [6, 6.07) is 29.3. The van der Waals surface area contributed by atoms with Crippen LogP contribution in [-0.2, 0) is 0 Å². The van der Waals surface area contributed by atoms with E-state index >= 15 is 0 Å². The van der Waals surface area contributed by atoms with E-state index in [9.17, 15) is 19.7 Å². The highest BCUT2D eigenvalue weighted by molar-refractivity contribution is 6.07. The highest BCUT2D eigenvalue weighted by Gasteiger charge is 2.14. The number of nitrogens with zero attached hydrogens (tertiary/aromatic N) is 1. The van der Waals surface area contributed by atoms with Crippen molar-refractivity contribution < 1.29 is 19.2 Å². The fourth-order valence-electron chi connectivity index (χ4n) is 3.34. The van der Waals surface area contributed by atoms with Gasteiger partial charge in [0.05, 0.1) is 10.5 Å². The quantitative estimate of drug-likeness (QED) is 0.0816. The van der Waals surface area contributed by atoms with E-state index in [-0.39, 0.29) is 22.8 Å². The Morgan fingerprint density at radius 1 is 0.735 bits per heavy atom. The standard InChI is InChI=1S/C28H19NO5/c30-26(22-15-13-21(14-16-22)20-7-2-1-3-8-20)18-17-23-9-4-5-12-27(23)34-28(31)24-10-6-11-25(19-24)29(32)33/h1-19H. The number of non-ortho nitro benzene ring substituents is 1. The third-order valence-corrected chi connectivity index (χ3v) is 5.11. The van der Waals surface area contributed by atoms with Gasteiger partial charge < -0.3 is 4.74 Å². The number of hydrogen-bond donors (Lipinski definition) is 0. The molecule has 0 spiro atoms. The third-order valence-electron chi connectivity index (χ3n) is 5.11. The largest absolute Gasteiger partial charge is 0.422 e. The molecule has 0 aliphatic carbocycles. The molecule has 34 heavy (non-hydrogen) atoms. The number of nitro benzene ring substituents is 1. The van der Waals surface area contributed by atoms with Crippen molar-refractivity contribution in [1.82, 2.24) is 0 Å². The zero-order chi connectivity index (χ0) is 23.9. The summed E-state index contributed by atoms with van der Waals surface area (Å²) in [5.41, 5.74) is 2.99. The first-order valence-corrected chi connectivity index (χ1v) is 10.4. The van der Waals surface area contributed by atoms with Crippen LogP contribution in [0, 0.1) is 10.1 Å². The number of ketones is 1. The predicted molar refractivity (Wildman–Crippen MR) is 130 cm³/mol. The number of para-hydroxylation sites is 1. The molecule has 0 bridgehead atoms. The van der Waals surface area contributed by atoms with Crippen molar-refractivity contribution in [2.75, 3.05) is 0 Å².